The lowest BCUT2D eigenvalue weighted by molar-refractivity contribution is -0.0512. The number of amides is 1. The van der Waals surface area contributed by atoms with E-state index in [2.05, 4.69) is 4.74 Å². The average molecular weight is 477 g/mol. The lowest BCUT2D eigenvalue weighted by Crippen LogP contribution is -2.41. The molecule has 8 nitrogen and oxygen atoms in total. The van der Waals surface area contributed by atoms with Gasteiger partial charge in [0.15, 0.2) is 11.5 Å². The second kappa shape index (κ2) is 9.90. The summed E-state index contributed by atoms with van der Waals surface area (Å²) in [5.74, 6) is -0.480. The van der Waals surface area contributed by atoms with Crippen LogP contribution in [0.4, 0.5) is 8.78 Å². The fraction of sp³-hybridized carbons (Fsp3) is 0.421. The highest BCUT2D eigenvalue weighted by Gasteiger charge is 2.32. The van der Waals surface area contributed by atoms with Crippen molar-refractivity contribution in [2.24, 2.45) is 0 Å². The first-order valence-corrected chi connectivity index (χ1v) is 11.6. The van der Waals surface area contributed by atoms with Crippen LogP contribution in [0.5, 0.6) is 11.5 Å². The number of methoxy groups -OCH3 is 1. The van der Waals surface area contributed by atoms with E-state index in [1.54, 1.807) is 5.38 Å². The highest BCUT2D eigenvalue weighted by Crippen LogP contribution is 2.31. The molecular formula is C19H22F2N2O6S2. The van der Waals surface area contributed by atoms with Gasteiger partial charge in [0, 0.05) is 26.7 Å². The Morgan fingerprint density at radius 3 is 2.61 bits per heavy atom. The number of nitrogens with zero attached hydrogens (tertiary/aromatic N) is 2. The maximum absolute atomic E-state index is 13.0. The van der Waals surface area contributed by atoms with Crippen molar-refractivity contribution < 1.29 is 36.2 Å². The Labute approximate surface area is 183 Å². The van der Waals surface area contributed by atoms with Crippen molar-refractivity contribution in [3.05, 3.63) is 40.1 Å². The number of hydrogen-bond acceptors (Lipinski definition) is 7. The largest absolute Gasteiger partial charge is 0.493 e. The summed E-state index contributed by atoms with van der Waals surface area (Å²) in [6.45, 7) is -1.81. The number of carbonyl (C=O) groups is 1. The summed E-state index contributed by atoms with van der Waals surface area (Å²) in [5, 5.41) is 1.56. The molecule has 1 aliphatic heterocycles. The normalized spacial score (nSPS) is 15.1. The third-order valence-electron chi connectivity index (χ3n) is 4.62. The van der Waals surface area contributed by atoms with Crippen molar-refractivity contribution in [3.63, 3.8) is 0 Å². The Morgan fingerprint density at radius 2 is 1.97 bits per heavy atom. The molecule has 1 aromatic heterocycles. The molecule has 1 fully saturated rings. The van der Waals surface area contributed by atoms with E-state index >= 15 is 0 Å². The predicted octanol–water partition coefficient (Wildman–Crippen LogP) is 2.65. The highest BCUT2D eigenvalue weighted by atomic mass is 32.2. The molecule has 0 saturated carbocycles. The molecule has 31 heavy (non-hydrogen) atoms. The number of hydrogen-bond donors (Lipinski definition) is 0. The molecule has 170 valence electrons. The minimum Gasteiger partial charge on any atom is -0.493 e. The zero-order chi connectivity index (χ0) is 22.6. The Kier molecular flexibility index (Phi) is 7.46. The van der Waals surface area contributed by atoms with Crippen LogP contribution in [-0.4, -0.2) is 70.6 Å². The van der Waals surface area contributed by atoms with E-state index in [9.17, 15) is 22.0 Å². The second-order valence-electron chi connectivity index (χ2n) is 6.66. The van der Waals surface area contributed by atoms with Gasteiger partial charge in [0.1, 0.15) is 9.77 Å². The van der Waals surface area contributed by atoms with Crippen molar-refractivity contribution >= 4 is 27.3 Å². The minimum absolute atomic E-state index is 0.0329. The van der Waals surface area contributed by atoms with E-state index in [1.165, 1.54) is 47.6 Å². The number of alkyl halides is 2. The molecular weight excluding hydrogens is 454 g/mol. The zero-order valence-corrected chi connectivity index (χ0v) is 18.5. The van der Waals surface area contributed by atoms with E-state index in [-0.39, 0.29) is 40.9 Å². The van der Waals surface area contributed by atoms with Crippen LogP contribution < -0.4 is 9.47 Å². The average Bonchev–Trinajstić information content (AvgIpc) is 3.25. The van der Waals surface area contributed by atoms with Gasteiger partial charge in [0.2, 0.25) is 10.0 Å². The van der Waals surface area contributed by atoms with Gasteiger partial charge in [0.05, 0.1) is 20.3 Å². The molecule has 1 amide bonds. The number of thiophene rings is 1. The van der Waals surface area contributed by atoms with Gasteiger partial charge in [0.25, 0.3) is 5.91 Å². The molecule has 0 radical (unpaired) electrons. The van der Waals surface area contributed by atoms with Crippen molar-refractivity contribution in [3.8, 4) is 11.5 Å². The number of morpholine rings is 1. The molecule has 0 spiro atoms. The fourth-order valence-corrected chi connectivity index (χ4v) is 5.90. The quantitative estimate of drug-likeness (QED) is 0.583. The number of carbonyl (C=O) groups excluding carboxylic acids is 1. The van der Waals surface area contributed by atoms with E-state index in [0.29, 0.717) is 18.8 Å². The molecule has 1 aliphatic rings. The Bertz CT molecular complexity index is 1020. The van der Waals surface area contributed by atoms with Crippen LogP contribution in [-0.2, 0) is 21.3 Å². The Morgan fingerprint density at radius 1 is 1.26 bits per heavy atom. The summed E-state index contributed by atoms with van der Waals surface area (Å²) in [5.41, 5.74) is 0.600. The maximum atomic E-state index is 13.0. The summed E-state index contributed by atoms with van der Waals surface area (Å²) in [7, 11) is -0.969. The number of benzene rings is 1. The van der Waals surface area contributed by atoms with Gasteiger partial charge < -0.3 is 19.1 Å². The van der Waals surface area contributed by atoms with Gasteiger partial charge in [-0.05, 0) is 29.1 Å². The summed E-state index contributed by atoms with van der Waals surface area (Å²) in [6.07, 6.45) is 0. The van der Waals surface area contributed by atoms with Crippen molar-refractivity contribution in [1.29, 1.82) is 0 Å². The van der Waals surface area contributed by atoms with Crippen LogP contribution in [0, 0.1) is 0 Å². The van der Waals surface area contributed by atoms with Gasteiger partial charge in [-0.1, -0.05) is 6.07 Å². The van der Waals surface area contributed by atoms with E-state index in [1.807, 2.05) is 0 Å². The van der Waals surface area contributed by atoms with Gasteiger partial charge in [-0.3, -0.25) is 4.79 Å². The molecule has 2 heterocycles. The molecule has 3 rings (SSSR count). The zero-order valence-electron chi connectivity index (χ0n) is 16.9. The van der Waals surface area contributed by atoms with E-state index in [4.69, 9.17) is 9.47 Å². The Balaban J connectivity index is 1.78. The third kappa shape index (κ3) is 5.32. The second-order valence-corrected chi connectivity index (χ2v) is 9.48. The molecule has 0 bridgehead atoms. The molecule has 0 aliphatic carbocycles. The van der Waals surface area contributed by atoms with Gasteiger partial charge in [-0.2, -0.15) is 13.1 Å². The minimum atomic E-state index is -3.82. The van der Waals surface area contributed by atoms with E-state index in [0.717, 1.165) is 11.3 Å². The number of halogens is 2. The van der Waals surface area contributed by atoms with Crippen LogP contribution in [0.3, 0.4) is 0 Å². The van der Waals surface area contributed by atoms with Gasteiger partial charge in [-0.15, -0.1) is 11.3 Å². The first kappa shape index (κ1) is 23.4. The van der Waals surface area contributed by atoms with Crippen LogP contribution in [0.15, 0.2) is 34.5 Å². The van der Waals surface area contributed by atoms with Crippen LogP contribution in [0.2, 0.25) is 0 Å². The van der Waals surface area contributed by atoms with Gasteiger partial charge >= 0.3 is 6.61 Å². The van der Waals surface area contributed by atoms with Crippen molar-refractivity contribution in [2.45, 2.75) is 18.1 Å². The smallest absolute Gasteiger partial charge is 0.387 e. The highest BCUT2D eigenvalue weighted by molar-refractivity contribution is 7.89. The Hall–Kier alpha value is -2.28. The molecule has 2 aromatic rings. The summed E-state index contributed by atoms with van der Waals surface area (Å²) in [6, 6.07) is 5.78. The lowest BCUT2D eigenvalue weighted by Gasteiger charge is -2.26. The molecule has 1 saturated heterocycles. The van der Waals surface area contributed by atoms with Crippen LogP contribution >= 0.6 is 11.3 Å². The summed E-state index contributed by atoms with van der Waals surface area (Å²) >= 11 is 1.05. The fourth-order valence-electron chi connectivity index (χ4n) is 3.11. The van der Waals surface area contributed by atoms with Crippen LogP contribution in [0.25, 0.3) is 0 Å². The number of sulfonamides is 1. The summed E-state index contributed by atoms with van der Waals surface area (Å²) < 4.78 is 66.9. The maximum Gasteiger partial charge on any atom is 0.387 e. The summed E-state index contributed by atoms with van der Waals surface area (Å²) in [4.78, 5) is 14.4. The standard InChI is InChI=1S/C19H22F2N2O6S2/c1-22(12-13-3-4-14(29-19(20)21)15(11-13)27-2)18(24)17-16(5-10-30-17)31(25,26)23-6-8-28-9-7-23/h3-5,10-11,19H,6-9,12H2,1-2H3. The third-order valence-corrected chi connectivity index (χ3v) is 7.59. The monoisotopic (exact) mass is 476 g/mol. The van der Waals surface area contributed by atoms with Crippen molar-refractivity contribution in [2.75, 3.05) is 40.5 Å². The predicted molar refractivity (Wildman–Crippen MR) is 109 cm³/mol. The van der Waals surface area contributed by atoms with E-state index < -0.39 is 22.5 Å². The molecule has 0 N–H and O–H groups in total. The molecule has 0 atom stereocenters. The topological polar surface area (TPSA) is 85.4 Å². The lowest BCUT2D eigenvalue weighted by atomic mass is 10.2. The van der Waals surface area contributed by atoms with Crippen molar-refractivity contribution in [1.82, 2.24) is 9.21 Å². The number of ether oxygens (including phenoxy) is 3. The molecule has 0 unspecified atom stereocenters. The number of rotatable bonds is 8. The molecule has 12 heteroatoms. The SMILES string of the molecule is COc1cc(CN(C)C(=O)c2sccc2S(=O)(=O)N2CCOCC2)ccc1OC(F)F. The first-order valence-electron chi connectivity index (χ1n) is 9.26. The molecule has 1 aromatic carbocycles. The van der Waals surface area contributed by atoms with Crippen LogP contribution in [0.1, 0.15) is 15.2 Å². The first-order chi connectivity index (χ1) is 14.7. The van der Waals surface area contributed by atoms with Gasteiger partial charge in [-0.25, -0.2) is 8.42 Å².